The number of amides is 1. The van der Waals surface area contributed by atoms with Crippen LogP contribution in [-0.2, 0) is 9.53 Å². The van der Waals surface area contributed by atoms with Crippen molar-refractivity contribution in [1.29, 1.82) is 0 Å². The smallest absolute Gasteiger partial charge is 0.244 e. The summed E-state index contributed by atoms with van der Waals surface area (Å²) in [5, 5.41) is 16.1. The fraction of sp³-hybridized carbons (Fsp3) is 0.636. The van der Waals surface area contributed by atoms with E-state index in [1.807, 2.05) is 0 Å². The predicted octanol–water partition coefficient (Wildman–Crippen LogP) is -0.0423. The van der Waals surface area contributed by atoms with Gasteiger partial charge in [-0.1, -0.05) is 0 Å². The van der Waals surface area contributed by atoms with Crippen LogP contribution >= 0.6 is 0 Å². The molecule has 2 atom stereocenters. The normalized spacial score (nSPS) is 14.3. The second-order valence-electron chi connectivity index (χ2n) is 3.85. The Labute approximate surface area is 101 Å². The van der Waals surface area contributed by atoms with Gasteiger partial charge in [-0.3, -0.25) is 9.48 Å². The van der Waals surface area contributed by atoms with Crippen LogP contribution in [0.15, 0.2) is 18.5 Å². The lowest BCUT2D eigenvalue weighted by molar-refractivity contribution is -0.124. The summed E-state index contributed by atoms with van der Waals surface area (Å²) in [5.41, 5.74) is 0. The number of aromatic nitrogens is 2. The monoisotopic (exact) mass is 241 g/mol. The largest absolute Gasteiger partial charge is 0.391 e. The van der Waals surface area contributed by atoms with Crippen molar-refractivity contribution in [3.8, 4) is 0 Å². The number of rotatable bonds is 7. The van der Waals surface area contributed by atoms with Gasteiger partial charge in [0.25, 0.3) is 0 Å². The highest BCUT2D eigenvalue weighted by atomic mass is 16.5. The molecule has 17 heavy (non-hydrogen) atoms. The maximum Gasteiger partial charge on any atom is 0.244 e. The molecule has 0 aliphatic carbocycles. The van der Waals surface area contributed by atoms with Gasteiger partial charge < -0.3 is 15.2 Å². The summed E-state index contributed by atoms with van der Waals surface area (Å²) < 4.78 is 6.37. The number of aliphatic hydroxyl groups is 1. The molecule has 0 aromatic carbocycles. The Morgan fingerprint density at radius 3 is 3.00 bits per heavy atom. The van der Waals surface area contributed by atoms with Crippen LogP contribution in [0.1, 0.15) is 19.4 Å². The Hall–Kier alpha value is -1.40. The van der Waals surface area contributed by atoms with Gasteiger partial charge in [0.05, 0.1) is 12.7 Å². The first-order chi connectivity index (χ1) is 8.15. The molecule has 1 aromatic heterocycles. The topological polar surface area (TPSA) is 76.4 Å². The first-order valence-corrected chi connectivity index (χ1v) is 5.59. The van der Waals surface area contributed by atoms with Gasteiger partial charge in [0, 0.05) is 26.0 Å². The van der Waals surface area contributed by atoms with Crippen molar-refractivity contribution in [3.63, 3.8) is 0 Å². The van der Waals surface area contributed by atoms with Crippen LogP contribution in [0.3, 0.4) is 0 Å². The van der Waals surface area contributed by atoms with E-state index in [0.717, 1.165) is 0 Å². The lowest BCUT2D eigenvalue weighted by Crippen LogP contribution is -2.33. The average Bonchev–Trinajstić information content (AvgIpc) is 2.81. The zero-order valence-corrected chi connectivity index (χ0v) is 10.2. The zero-order chi connectivity index (χ0) is 12.7. The van der Waals surface area contributed by atoms with Crippen molar-refractivity contribution < 1.29 is 14.6 Å². The van der Waals surface area contributed by atoms with Crippen LogP contribution in [-0.4, -0.2) is 47.2 Å². The highest BCUT2D eigenvalue weighted by Gasteiger charge is 2.14. The Kier molecular flexibility index (Phi) is 5.65. The van der Waals surface area contributed by atoms with Crippen LogP contribution in [0.25, 0.3) is 0 Å². The third-order valence-corrected chi connectivity index (χ3v) is 2.44. The van der Waals surface area contributed by atoms with Crippen LogP contribution in [0.4, 0.5) is 0 Å². The standard InChI is InChI=1S/C11H19N3O3/c1-9(14-7-3-5-13-14)11(16)12-6-4-10(15)8-17-2/h3,5,7,9-10,15H,4,6,8H2,1-2H3,(H,12,16). The SMILES string of the molecule is COCC(O)CCNC(=O)C(C)n1cccn1. The summed E-state index contributed by atoms with van der Waals surface area (Å²) in [5.74, 6) is -0.113. The van der Waals surface area contributed by atoms with Crippen LogP contribution in [0.2, 0.25) is 0 Å². The van der Waals surface area contributed by atoms with Gasteiger partial charge in [-0.2, -0.15) is 5.10 Å². The molecular formula is C11H19N3O3. The number of hydrogen-bond donors (Lipinski definition) is 2. The molecule has 1 heterocycles. The lowest BCUT2D eigenvalue weighted by Gasteiger charge is -2.14. The maximum absolute atomic E-state index is 11.7. The van der Waals surface area contributed by atoms with E-state index in [2.05, 4.69) is 10.4 Å². The molecule has 0 saturated carbocycles. The molecule has 0 aliphatic rings. The van der Waals surface area contributed by atoms with E-state index in [9.17, 15) is 9.90 Å². The van der Waals surface area contributed by atoms with Gasteiger partial charge in [-0.25, -0.2) is 0 Å². The average molecular weight is 241 g/mol. The van der Waals surface area contributed by atoms with Crippen molar-refractivity contribution in [2.45, 2.75) is 25.5 Å². The molecule has 0 bridgehead atoms. The van der Waals surface area contributed by atoms with E-state index < -0.39 is 6.10 Å². The molecular weight excluding hydrogens is 222 g/mol. The molecule has 96 valence electrons. The molecule has 0 aliphatic heterocycles. The third kappa shape index (κ3) is 4.54. The molecule has 6 nitrogen and oxygen atoms in total. The fourth-order valence-electron chi connectivity index (χ4n) is 1.42. The van der Waals surface area contributed by atoms with Crippen molar-refractivity contribution in [2.24, 2.45) is 0 Å². The summed E-state index contributed by atoms with van der Waals surface area (Å²) in [6.45, 7) is 2.48. The second-order valence-corrected chi connectivity index (χ2v) is 3.85. The highest BCUT2D eigenvalue weighted by Crippen LogP contribution is 2.02. The number of aliphatic hydroxyl groups excluding tert-OH is 1. The molecule has 0 radical (unpaired) electrons. The Morgan fingerprint density at radius 2 is 2.41 bits per heavy atom. The Morgan fingerprint density at radius 1 is 1.65 bits per heavy atom. The minimum absolute atomic E-state index is 0.113. The number of nitrogens with zero attached hydrogens (tertiary/aromatic N) is 2. The fourth-order valence-corrected chi connectivity index (χ4v) is 1.42. The summed E-state index contributed by atoms with van der Waals surface area (Å²) in [6, 6.07) is 1.43. The first-order valence-electron chi connectivity index (χ1n) is 5.59. The van der Waals surface area contributed by atoms with Crippen LogP contribution in [0.5, 0.6) is 0 Å². The second kappa shape index (κ2) is 7.03. The van der Waals surface area contributed by atoms with Gasteiger partial charge in [0.1, 0.15) is 6.04 Å². The quantitative estimate of drug-likeness (QED) is 0.702. The molecule has 0 spiro atoms. The summed E-state index contributed by atoms with van der Waals surface area (Å²) in [7, 11) is 1.53. The molecule has 1 aromatic rings. The minimum atomic E-state index is -0.541. The van der Waals surface area contributed by atoms with Crippen molar-refractivity contribution in [3.05, 3.63) is 18.5 Å². The van der Waals surface area contributed by atoms with E-state index in [-0.39, 0.29) is 18.6 Å². The number of methoxy groups -OCH3 is 1. The molecule has 2 N–H and O–H groups in total. The molecule has 6 heteroatoms. The van der Waals surface area contributed by atoms with Gasteiger partial charge in [-0.05, 0) is 19.4 Å². The van der Waals surface area contributed by atoms with E-state index in [0.29, 0.717) is 13.0 Å². The lowest BCUT2D eigenvalue weighted by atomic mass is 10.2. The first kappa shape index (κ1) is 13.7. The third-order valence-electron chi connectivity index (χ3n) is 2.44. The van der Waals surface area contributed by atoms with E-state index in [1.165, 1.54) is 7.11 Å². The van der Waals surface area contributed by atoms with E-state index >= 15 is 0 Å². The zero-order valence-electron chi connectivity index (χ0n) is 10.2. The van der Waals surface area contributed by atoms with E-state index in [4.69, 9.17) is 4.74 Å². The number of hydrogen-bond acceptors (Lipinski definition) is 4. The number of ether oxygens (including phenoxy) is 1. The van der Waals surface area contributed by atoms with Crippen LogP contribution < -0.4 is 5.32 Å². The van der Waals surface area contributed by atoms with E-state index in [1.54, 1.807) is 30.1 Å². The summed E-state index contributed by atoms with van der Waals surface area (Å²) >= 11 is 0. The summed E-state index contributed by atoms with van der Waals surface area (Å²) in [4.78, 5) is 11.7. The van der Waals surface area contributed by atoms with Crippen molar-refractivity contribution in [1.82, 2.24) is 15.1 Å². The van der Waals surface area contributed by atoms with Crippen molar-refractivity contribution >= 4 is 5.91 Å². The Balaban J connectivity index is 2.25. The number of carbonyl (C=O) groups excluding carboxylic acids is 1. The van der Waals surface area contributed by atoms with Crippen molar-refractivity contribution in [2.75, 3.05) is 20.3 Å². The van der Waals surface area contributed by atoms with Gasteiger partial charge in [-0.15, -0.1) is 0 Å². The molecule has 1 amide bonds. The van der Waals surface area contributed by atoms with Gasteiger partial charge in [0.2, 0.25) is 5.91 Å². The number of carbonyl (C=O) groups is 1. The van der Waals surface area contributed by atoms with Crippen LogP contribution in [0, 0.1) is 0 Å². The molecule has 0 fully saturated rings. The predicted molar refractivity (Wildman–Crippen MR) is 62.4 cm³/mol. The summed E-state index contributed by atoms with van der Waals surface area (Å²) in [6.07, 6.45) is 3.31. The van der Waals surface area contributed by atoms with Gasteiger partial charge in [0.15, 0.2) is 0 Å². The molecule has 0 saturated heterocycles. The molecule has 2 unspecified atom stereocenters. The highest BCUT2D eigenvalue weighted by molar-refractivity contribution is 5.79. The Bertz CT molecular complexity index is 327. The number of nitrogens with one attached hydrogen (secondary N) is 1. The maximum atomic E-state index is 11.7. The molecule has 1 rings (SSSR count). The minimum Gasteiger partial charge on any atom is -0.391 e. The van der Waals surface area contributed by atoms with Gasteiger partial charge >= 0.3 is 0 Å².